The van der Waals surface area contributed by atoms with Gasteiger partial charge in [0.25, 0.3) is 11.5 Å². The normalized spacial score (nSPS) is 15.3. The molecule has 30 heavy (non-hydrogen) atoms. The van der Waals surface area contributed by atoms with Crippen LogP contribution in [0.15, 0.2) is 53.3 Å². The fourth-order valence-electron chi connectivity index (χ4n) is 4.17. The van der Waals surface area contributed by atoms with Crippen LogP contribution >= 0.6 is 0 Å². The Hall–Kier alpha value is -3.19. The van der Waals surface area contributed by atoms with E-state index < -0.39 is 0 Å². The SMILES string of the molecule is COc1ccccc1[C@H](CNC(=O)c1nn(C)c(=O)c2ccccc12)N1CCCC1. The molecule has 1 N–H and O–H groups in total. The minimum atomic E-state index is -0.291. The Labute approximate surface area is 175 Å². The molecule has 156 valence electrons. The summed E-state index contributed by atoms with van der Waals surface area (Å²) in [4.78, 5) is 27.8. The molecule has 0 saturated carbocycles. The van der Waals surface area contributed by atoms with Gasteiger partial charge in [-0.1, -0.05) is 36.4 Å². The number of benzene rings is 2. The second-order valence-corrected chi connectivity index (χ2v) is 7.53. The van der Waals surface area contributed by atoms with E-state index in [4.69, 9.17) is 4.74 Å². The van der Waals surface area contributed by atoms with Crippen molar-refractivity contribution < 1.29 is 9.53 Å². The van der Waals surface area contributed by atoms with Crippen molar-refractivity contribution in [1.29, 1.82) is 0 Å². The molecular formula is C23H26N4O3. The minimum absolute atomic E-state index is 0.00592. The van der Waals surface area contributed by atoms with E-state index in [1.54, 1.807) is 32.4 Å². The predicted molar refractivity (Wildman–Crippen MR) is 116 cm³/mol. The highest BCUT2D eigenvalue weighted by atomic mass is 16.5. The summed E-state index contributed by atoms with van der Waals surface area (Å²) < 4.78 is 6.79. The van der Waals surface area contributed by atoms with Gasteiger partial charge >= 0.3 is 0 Å². The van der Waals surface area contributed by atoms with Crippen LogP contribution in [0.5, 0.6) is 5.75 Å². The Morgan fingerprint density at radius 3 is 2.50 bits per heavy atom. The zero-order valence-electron chi connectivity index (χ0n) is 17.3. The average molecular weight is 406 g/mol. The molecule has 0 aliphatic carbocycles. The van der Waals surface area contributed by atoms with Gasteiger partial charge in [0.1, 0.15) is 5.75 Å². The number of nitrogens with zero attached hydrogens (tertiary/aromatic N) is 3. The van der Waals surface area contributed by atoms with Crippen LogP contribution in [-0.4, -0.2) is 47.3 Å². The molecule has 1 atom stereocenters. The van der Waals surface area contributed by atoms with Crippen LogP contribution in [0.25, 0.3) is 10.8 Å². The van der Waals surface area contributed by atoms with Crippen LogP contribution in [0, 0.1) is 0 Å². The standard InChI is InChI=1S/C23H26N4O3/c1-26-23(29)17-10-4-3-9-16(17)21(25-26)22(28)24-15-19(27-13-7-8-14-27)18-11-5-6-12-20(18)30-2/h3-6,9-12,19H,7-8,13-15H2,1-2H3,(H,24,28)/t19-/m0/s1. The fourth-order valence-corrected chi connectivity index (χ4v) is 4.17. The van der Waals surface area contributed by atoms with Crippen LogP contribution in [0.2, 0.25) is 0 Å². The third-order valence-electron chi connectivity index (χ3n) is 5.71. The molecule has 1 fully saturated rings. The number of methoxy groups -OCH3 is 1. The van der Waals surface area contributed by atoms with E-state index in [9.17, 15) is 9.59 Å². The van der Waals surface area contributed by atoms with Crippen molar-refractivity contribution in [1.82, 2.24) is 20.0 Å². The van der Waals surface area contributed by atoms with Crippen LogP contribution in [0.4, 0.5) is 0 Å². The number of likely N-dealkylation sites (tertiary alicyclic amines) is 1. The maximum Gasteiger partial charge on any atom is 0.274 e. The van der Waals surface area contributed by atoms with E-state index in [1.807, 2.05) is 30.3 Å². The maximum absolute atomic E-state index is 13.1. The van der Waals surface area contributed by atoms with Gasteiger partial charge < -0.3 is 10.1 Å². The number of aromatic nitrogens is 2. The van der Waals surface area contributed by atoms with Gasteiger partial charge in [0.15, 0.2) is 5.69 Å². The van der Waals surface area contributed by atoms with Gasteiger partial charge in [0.2, 0.25) is 0 Å². The molecule has 0 unspecified atom stereocenters. The second kappa shape index (κ2) is 8.67. The number of fused-ring (bicyclic) bond motifs is 1. The van der Waals surface area contributed by atoms with Gasteiger partial charge in [-0.15, -0.1) is 0 Å². The number of aryl methyl sites for hydroxylation is 1. The Bertz CT molecular complexity index is 1120. The second-order valence-electron chi connectivity index (χ2n) is 7.53. The third-order valence-corrected chi connectivity index (χ3v) is 5.71. The third kappa shape index (κ3) is 3.80. The van der Waals surface area contributed by atoms with Gasteiger partial charge in [-0.3, -0.25) is 14.5 Å². The highest BCUT2D eigenvalue weighted by molar-refractivity contribution is 6.04. The molecule has 0 bridgehead atoms. The Morgan fingerprint density at radius 1 is 1.10 bits per heavy atom. The summed E-state index contributed by atoms with van der Waals surface area (Å²) in [6.07, 6.45) is 2.29. The molecule has 2 aromatic carbocycles. The maximum atomic E-state index is 13.1. The summed E-state index contributed by atoms with van der Waals surface area (Å²) in [7, 11) is 3.23. The lowest BCUT2D eigenvalue weighted by molar-refractivity contribution is 0.0932. The van der Waals surface area contributed by atoms with E-state index in [0.717, 1.165) is 37.2 Å². The van der Waals surface area contributed by atoms with Crippen molar-refractivity contribution in [3.05, 3.63) is 70.1 Å². The van der Waals surface area contributed by atoms with Crippen LogP contribution in [0.3, 0.4) is 0 Å². The number of hydrogen-bond acceptors (Lipinski definition) is 5. The number of para-hydroxylation sites is 1. The van der Waals surface area contributed by atoms with Gasteiger partial charge in [-0.25, -0.2) is 4.68 Å². The number of nitrogens with one attached hydrogen (secondary N) is 1. The van der Waals surface area contributed by atoms with Crippen molar-refractivity contribution in [3.63, 3.8) is 0 Å². The lowest BCUT2D eigenvalue weighted by atomic mass is 10.0. The molecule has 1 aliphatic rings. The fraction of sp³-hybridized carbons (Fsp3) is 0.348. The van der Waals surface area contributed by atoms with E-state index in [-0.39, 0.29) is 23.2 Å². The lowest BCUT2D eigenvalue weighted by Gasteiger charge is -2.29. The highest BCUT2D eigenvalue weighted by Gasteiger charge is 2.27. The van der Waals surface area contributed by atoms with Crippen molar-refractivity contribution in [2.45, 2.75) is 18.9 Å². The van der Waals surface area contributed by atoms with Gasteiger partial charge in [-0.05, 0) is 38.1 Å². The number of ether oxygens (including phenoxy) is 1. The summed E-state index contributed by atoms with van der Waals surface area (Å²) in [5, 5.41) is 8.34. The molecule has 7 nitrogen and oxygen atoms in total. The largest absolute Gasteiger partial charge is 0.496 e. The number of amides is 1. The first-order chi connectivity index (χ1) is 14.6. The molecule has 1 aromatic heterocycles. The molecule has 1 amide bonds. The van der Waals surface area contributed by atoms with Crippen LogP contribution in [-0.2, 0) is 7.05 Å². The van der Waals surface area contributed by atoms with Crippen molar-refractivity contribution in [2.24, 2.45) is 7.05 Å². The molecule has 1 saturated heterocycles. The molecule has 7 heteroatoms. The predicted octanol–water partition coefficient (Wildman–Crippen LogP) is 2.51. The van der Waals surface area contributed by atoms with Gasteiger partial charge in [0, 0.05) is 24.5 Å². The number of hydrogen-bond donors (Lipinski definition) is 1. The lowest BCUT2D eigenvalue weighted by Crippen LogP contribution is -2.38. The summed E-state index contributed by atoms with van der Waals surface area (Å²) in [6, 6.07) is 15.0. The van der Waals surface area contributed by atoms with Crippen LogP contribution in [0.1, 0.15) is 34.9 Å². The first-order valence-corrected chi connectivity index (χ1v) is 10.2. The molecule has 1 aliphatic heterocycles. The van der Waals surface area contributed by atoms with Gasteiger partial charge in [-0.2, -0.15) is 5.10 Å². The number of carbonyl (C=O) groups is 1. The number of rotatable bonds is 6. The Kier molecular flexibility index (Phi) is 5.81. The van der Waals surface area contributed by atoms with Gasteiger partial charge in [0.05, 0.1) is 18.5 Å². The number of carbonyl (C=O) groups excluding carboxylic acids is 1. The van der Waals surface area contributed by atoms with Crippen molar-refractivity contribution in [2.75, 3.05) is 26.7 Å². The summed E-state index contributed by atoms with van der Waals surface area (Å²) >= 11 is 0. The molecule has 2 heterocycles. The quantitative estimate of drug-likeness (QED) is 0.681. The summed E-state index contributed by atoms with van der Waals surface area (Å²) in [5.41, 5.74) is 1.10. The smallest absolute Gasteiger partial charge is 0.274 e. The van der Waals surface area contributed by atoms with E-state index in [2.05, 4.69) is 15.3 Å². The molecule has 0 radical (unpaired) electrons. The molecule has 4 rings (SSSR count). The molecular weight excluding hydrogens is 380 g/mol. The Balaban J connectivity index is 1.63. The molecule has 0 spiro atoms. The van der Waals surface area contributed by atoms with Crippen LogP contribution < -0.4 is 15.6 Å². The minimum Gasteiger partial charge on any atom is -0.496 e. The van der Waals surface area contributed by atoms with E-state index >= 15 is 0 Å². The zero-order chi connectivity index (χ0) is 21.1. The molecule has 3 aromatic rings. The van der Waals surface area contributed by atoms with Crippen molar-refractivity contribution in [3.8, 4) is 5.75 Å². The zero-order valence-corrected chi connectivity index (χ0v) is 17.3. The first kappa shape index (κ1) is 20.1. The monoisotopic (exact) mass is 406 g/mol. The highest BCUT2D eigenvalue weighted by Crippen LogP contribution is 2.31. The first-order valence-electron chi connectivity index (χ1n) is 10.2. The van der Waals surface area contributed by atoms with Crippen molar-refractivity contribution >= 4 is 16.7 Å². The average Bonchev–Trinajstić information content (AvgIpc) is 3.31. The Morgan fingerprint density at radius 2 is 1.77 bits per heavy atom. The topological polar surface area (TPSA) is 76.5 Å². The van der Waals surface area contributed by atoms with E-state index in [1.165, 1.54) is 4.68 Å². The summed E-state index contributed by atoms with van der Waals surface area (Å²) in [5.74, 6) is 0.523. The van der Waals surface area contributed by atoms with E-state index in [0.29, 0.717) is 17.3 Å². The summed E-state index contributed by atoms with van der Waals surface area (Å²) in [6.45, 7) is 2.40.